The van der Waals surface area contributed by atoms with E-state index in [0.29, 0.717) is 35.2 Å². The molecule has 7 nitrogen and oxygen atoms in total. The molecule has 0 amide bonds. The molecule has 1 aromatic heterocycles. The highest BCUT2D eigenvalue weighted by Gasteiger charge is 2.46. The summed E-state index contributed by atoms with van der Waals surface area (Å²) >= 11 is 1.31. The van der Waals surface area contributed by atoms with E-state index in [1.54, 1.807) is 10.4 Å². The molecule has 1 N–H and O–H groups in total. The number of fused-ring (bicyclic) bond motifs is 1. The normalized spacial score (nSPS) is 30.5. The van der Waals surface area contributed by atoms with Crippen LogP contribution < -0.4 is 0 Å². The van der Waals surface area contributed by atoms with Crippen LogP contribution in [0.15, 0.2) is 21.7 Å². The monoisotopic (exact) mass is 430 g/mol. The van der Waals surface area contributed by atoms with Gasteiger partial charge in [0.2, 0.25) is 0 Å². The third-order valence-corrected chi connectivity index (χ3v) is 9.25. The maximum Gasteiger partial charge on any atom is 0.290 e. The molecule has 1 aliphatic heterocycles. The minimum absolute atomic E-state index is 0.237. The lowest BCUT2D eigenvalue weighted by molar-refractivity contribution is -0.122. The Labute approximate surface area is 171 Å². The van der Waals surface area contributed by atoms with Crippen LogP contribution >= 0.6 is 11.3 Å². The SMILES string of the molecule is CN(C)[C@@H]1C[C@@H]2CN(S(=O)(=O)c3cccs3)C[C@@H]2C[C@H]1OCC1CC1.O=CO. The van der Waals surface area contributed by atoms with Crippen molar-refractivity contribution in [3.63, 3.8) is 0 Å². The molecule has 1 aromatic rings. The summed E-state index contributed by atoms with van der Waals surface area (Å²) in [7, 11) is 0.910. The molecule has 4 rings (SSSR count). The van der Waals surface area contributed by atoms with Crippen LogP contribution in [0.5, 0.6) is 0 Å². The smallest absolute Gasteiger partial charge is 0.290 e. The fourth-order valence-corrected chi connectivity index (χ4v) is 7.05. The van der Waals surface area contributed by atoms with Crippen molar-refractivity contribution < 1.29 is 23.1 Å². The number of nitrogens with zero attached hydrogens (tertiary/aromatic N) is 2. The molecule has 158 valence electrons. The lowest BCUT2D eigenvalue weighted by Crippen LogP contribution is -2.48. The molecule has 0 radical (unpaired) electrons. The molecule has 9 heteroatoms. The van der Waals surface area contributed by atoms with Crippen molar-refractivity contribution >= 4 is 27.8 Å². The fraction of sp³-hybridized carbons (Fsp3) is 0.737. The molecule has 3 fully saturated rings. The van der Waals surface area contributed by atoms with Gasteiger partial charge < -0.3 is 14.7 Å². The molecule has 2 aliphatic carbocycles. The largest absolute Gasteiger partial charge is 0.483 e. The molecule has 2 heterocycles. The van der Waals surface area contributed by atoms with E-state index < -0.39 is 10.0 Å². The summed E-state index contributed by atoms with van der Waals surface area (Å²) in [5.74, 6) is 1.64. The van der Waals surface area contributed by atoms with Gasteiger partial charge in [-0.05, 0) is 69.0 Å². The lowest BCUT2D eigenvalue weighted by atomic mass is 9.77. The number of carbonyl (C=O) groups is 1. The molecular weight excluding hydrogens is 400 g/mol. The highest BCUT2D eigenvalue weighted by molar-refractivity contribution is 7.91. The van der Waals surface area contributed by atoms with E-state index in [4.69, 9.17) is 14.6 Å². The molecule has 1 saturated heterocycles. The first-order chi connectivity index (χ1) is 13.4. The van der Waals surface area contributed by atoms with Gasteiger partial charge in [-0.25, -0.2) is 8.42 Å². The summed E-state index contributed by atoms with van der Waals surface area (Å²) in [6, 6.07) is 3.92. The lowest BCUT2D eigenvalue weighted by Gasteiger charge is -2.41. The first-order valence-corrected chi connectivity index (χ1v) is 12.1. The quantitative estimate of drug-likeness (QED) is 0.697. The number of likely N-dealkylation sites (N-methyl/N-ethyl adjacent to an activating group) is 1. The number of carboxylic acid groups (broad SMARTS) is 1. The molecule has 0 aromatic carbocycles. The minimum atomic E-state index is -3.33. The van der Waals surface area contributed by atoms with Gasteiger partial charge in [0.05, 0.1) is 6.10 Å². The van der Waals surface area contributed by atoms with E-state index in [-0.39, 0.29) is 12.6 Å². The van der Waals surface area contributed by atoms with Gasteiger partial charge in [-0.2, -0.15) is 4.31 Å². The summed E-state index contributed by atoms with van der Waals surface area (Å²) in [6.07, 6.45) is 4.86. The van der Waals surface area contributed by atoms with Crippen LogP contribution in [-0.4, -0.2) is 75.1 Å². The molecule has 4 atom stereocenters. The van der Waals surface area contributed by atoms with Crippen molar-refractivity contribution in [3.05, 3.63) is 17.5 Å². The second-order valence-corrected chi connectivity index (χ2v) is 11.3. The van der Waals surface area contributed by atoms with Crippen molar-refractivity contribution in [1.29, 1.82) is 0 Å². The van der Waals surface area contributed by atoms with E-state index in [0.717, 1.165) is 25.4 Å². The van der Waals surface area contributed by atoms with Crippen LogP contribution in [0.2, 0.25) is 0 Å². The number of sulfonamides is 1. The third kappa shape index (κ3) is 4.94. The Morgan fingerprint density at radius 3 is 2.46 bits per heavy atom. The number of hydrogen-bond acceptors (Lipinski definition) is 6. The number of hydrogen-bond donors (Lipinski definition) is 1. The Balaban J connectivity index is 0.000000706. The molecule has 2 saturated carbocycles. The zero-order valence-electron chi connectivity index (χ0n) is 16.4. The van der Waals surface area contributed by atoms with Crippen molar-refractivity contribution in [2.45, 2.75) is 42.0 Å². The topological polar surface area (TPSA) is 87.2 Å². The first-order valence-electron chi connectivity index (χ1n) is 9.76. The molecular formula is C19H30N2O5S2. The zero-order valence-corrected chi connectivity index (χ0v) is 18.1. The highest BCUT2D eigenvalue weighted by atomic mass is 32.2. The Hall–Kier alpha value is -1.00. The first kappa shape index (κ1) is 21.7. The Kier molecular flexibility index (Phi) is 7.14. The zero-order chi connectivity index (χ0) is 20.3. The van der Waals surface area contributed by atoms with Gasteiger partial charge in [-0.15, -0.1) is 11.3 Å². The number of thiophene rings is 1. The fourth-order valence-electron chi connectivity index (χ4n) is 4.35. The predicted molar refractivity (Wildman–Crippen MR) is 108 cm³/mol. The Morgan fingerprint density at radius 1 is 1.29 bits per heavy atom. The molecule has 28 heavy (non-hydrogen) atoms. The van der Waals surface area contributed by atoms with Gasteiger partial charge in [0, 0.05) is 25.7 Å². The summed E-state index contributed by atoms with van der Waals surface area (Å²) in [5.41, 5.74) is 0. The minimum Gasteiger partial charge on any atom is -0.483 e. The highest BCUT2D eigenvalue weighted by Crippen LogP contribution is 2.41. The van der Waals surface area contributed by atoms with E-state index in [1.165, 1.54) is 24.2 Å². The van der Waals surface area contributed by atoms with Crippen LogP contribution in [-0.2, 0) is 19.6 Å². The van der Waals surface area contributed by atoms with E-state index in [9.17, 15) is 8.42 Å². The van der Waals surface area contributed by atoms with Crippen LogP contribution in [0.25, 0.3) is 0 Å². The predicted octanol–water partition coefficient (Wildman–Crippen LogP) is 2.20. The second-order valence-electron chi connectivity index (χ2n) is 8.20. The van der Waals surface area contributed by atoms with E-state index in [1.807, 2.05) is 11.4 Å². The summed E-state index contributed by atoms with van der Waals surface area (Å²) in [4.78, 5) is 10.6. The Morgan fingerprint density at radius 2 is 1.93 bits per heavy atom. The number of rotatable bonds is 6. The second kappa shape index (κ2) is 9.21. The van der Waals surface area contributed by atoms with E-state index in [2.05, 4.69) is 19.0 Å². The van der Waals surface area contributed by atoms with Gasteiger partial charge in [-0.1, -0.05) is 6.07 Å². The van der Waals surface area contributed by atoms with Gasteiger partial charge in [0.15, 0.2) is 0 Å². The summed E-state index contributed by atoms with van der Waals surface area (Å²) in [5, 5.41) is 8.72. The molecule has 3 aliphatic rings. The number of ether oxygens (including phenoxy) is 1. The van der Waals surface area contributed by atoms with Crippen molar-refractivity contribution in [1.82, 2.24) is 9.21 Å². The maximum absolute atomic E-state index is 12.9. The summed E-state index contributed by atoms with van der Waals surface area (Å²) < 4.78 is 34.2. The van der Waals surface area contributed by atoms with Crippen molar-refractivity contribution in [2.75, 3.05) is 33.8 Å². The van der Waals surface area contributed by atoms with Crippen LogP contribution in [0, 0.1) is 17.8 Å². The van der Waals surface area contributed by atoms with Crippen molar-refractivity contribution in [3.8, 4) is 0 Å². The van der Waals surface area contributed by atoms with Gasteiger partial charge in [-0.3, -0.25) is 4.79 Å². The third-order valence-electron chi connectivity index (χ3n) is 6.05. The molecule has 0 unspecified atom stereocenters. The van der Waals surface area contributed by atoms with Gasteiger partial charge in [0.1, 0.15) is 4.21 Å². The Bertz CT molecular complexity index is 734. The van der Waals surface area contributed by atoms with Gasteiger partial charge in [0.25, 0.3) is 16.5 Å². The standard InChI is InChI=1S/C18H28N2O3S2.CH2O2/c1-19(2)16-8-14-10-20(25(21,22)18-4-3-7-24-18)11-15(14)9-17(16)23-12-13-5-6-13;2-1-3/h3-4,7,13-17H,5-6,8-12H2,1-2H3;1H,(H,2,3)/t14-,15+,16-,17-;/m1./s1. The molecule has 0 spiro atoms. The summed E-state index contributed by atoms with van der Waals surface area (Å²) in [6.45, 7) is 1.93. The average Bonchev–Trinajstić information content (AvgIpc) is 3.13. The van der Waals surface area contributed by atoms with Crippen LogP contribution in [0.1, 0.15) is 25.7 Å². The average molecular weight is 431 g/mol. The van der Waals surface area contributed by atoms with Crippen LogP contribution in [0.4, 0.5) is 0 Å². The molecule has 0 bridgehead atoms. The maximum atomic E-state index is 12.9. The van der Waals surface area contributed by atoms with Crippen molar-refractivity contribution in [2.24, 2.45) is 17.8 Å². The van der Waals surface area contributed by atoms with E-state index >= 15 is 0 Å². The van der Waals surface area contributed by atoms with Gasteiger partial charge >= 0.3 is 0 Å². The van der Waals surface area contributed by atoms with Crippen LogP contribution in [0.3, 0.4) is 0 Å².